The maximum atomic E-state index is 4.15. The number of rotatable bonds is 0. The summed E-state index contributed by atoms with van der Waals surface area (Å²) in [4.78, 5) is 7.38. The van der Waals surface area contributed by atoms with E-state index in [2.05, 4.69) is 133 Å². The van der Waals surface area contributed by atoms with Gasteiger partial charge in [0.05, 0.1) is 0 Å². The Morgan fingerprint density at radius 3 is 1.77 bits per heavy atom. The highest BCUT2D eigenvalue weighted by Gasteiger charge is 2.17. The van der Waals surface area contributed by atoms with Crippen LogP contribution in [0.25, 0.3) is 10.9 Å². The van der Waals surface area contributed by atoms with Crippen molar-refractivity contribution in [3.8, 4) is 0 Å². The van der Waals surface area contributed by atoms with Gasteiger partial charge in [0.15, 0.2) is 0 Å². The first-order chi connectivity index (χ1) is 17.1. The van der Waals surface area contributed by atoms with E-state index in [1.807, 2.05) is 18.6 Å². The van der Waals surface area contributed by atoms with Gasteiger partial charge in [0, 0.05) is 36.3 Å². The van der Waals surface area contributed by atoms with Gasteiger partial charge in [-0.1, -0.05) is 115 Å². The first-order valence-corrected chi connectivity index (χ1v) is 13.5. The molecule has 222 valence electrons. The van der Waals surface area contributed by atoms with E-state index in [-0.39, 0.29) is 38.5 Å². The normalized spacial score (nSPS) is 12.2. The van der Waals surface area contributed by atoms with Crippen LogP contribution in [0, 0.1) is 6.92 Å². The van der Waals surface area contributed by atoms with Gasteiger partial charge in [-0.15, -0.1) is 0 Å². The Bertz CT molecular complexity index is 1310. The number of aromatic nitrogens is 2. The first-order valence-electron chi connectivity index (χ1n) is 13.5. The Morgan fingerprint density at radius 2 is 1.23 bits per heavy atom. The van der Waals surface area contributed by atoms with E-state index < -0.39 is 0 Å². The van der Waals surface area contributed by atoms with Gasteiger partial charge in [0.1, 0.15) is 0 Å². The Morgan fingerprint density at radius 1 is 0.650 bits per heavy atom. The predicted molar refractivity (Wildman–Crippen MR) is 182 cm³/mol. The smallest absolute Gasteiger partial charge is 0.0456 e. The number of aryl methyl sites for hydroxylation is 1. The van der Waals surface area contributed by atoms with E-state index in [1.54, 1.807) is 0 Å². The lowest BCUT2D eigenvalue weighted by Gasteiger charge is -2.19. The van der Waals surface area contributed by atoms with E-state index >= 15 is 0 Å². The molecule has 1 aliphatic heterocycles. The van der Waals surface area contributed by atoms with E-state index in [9.17, 15) is 0 Å². The van der Waals surface area contributed by atoms with Crippen molar-refractivity contribution in [3.05, 3.63) is 94.9 Å². The zero-order valence-corrected chi connectivity index (χ0v) is 24.7. The van der Waals surface area contributed by atoms with Gasteiger partial charge in [-0.25, -0.2) is 0 Å². The fraction of sp³-hybridized carbons (Fsp3) is 0.486. The van der Waals surface area contributed by atoms with Crippen LogP contribution in [-0.4, -0.2) is 16.5 Å². The molecule has 2 aromatic heterocycles. The molecule has 0 spiro atoms. The van der Waals surface area contributed by atoms with Crippen LogP contribution in [0.5, 0.6) is 0 Å². The third kappa shape index (κ3) is 10.2. The van der Waals surface area contributed by atoms with Crippen LogP contribution in [0.1, 0.15) is 112 Å². The van der Waals surface area contributed by atoms with Crippen molar-refractivity contribution in [2.24, 2.45) is 0 Å². The summed E-state index contributed by atoms with van der Waals surface area (Å²) in [7, 11) is 0. The second-order valence-electron chi connectivity index (χ2n) is 13.3. The van der Waals surface area contributed by atoms with Crippen LogP contribution < -0.4 is 5.32 Å². The second kappa shape index (κ2) is 14.5. The number of hydrogen-bond donors (Lipinski definition) is 2. The summed E-state index contributed by atoms with van der Waals surface area (Å²) in [6.07, 6.45) is 6.99. The summed E-state index contributed by atoms with van der Waals surface area (Å²) < 4.78 is 0. The minimum Gasteiger partial charge on any atom is -0.384 e. The maximum Gasteiger partial charge on any atom is 0.0456 e. The van der Waals surface area contributed by atoms with Crippen molar-refractivity contribution in [2.75, 3.05) is 11.9 Å². The Balaban J connectivity index is 0.000000552. The van der Waals surface area contributed by atoms with Gasteiger partial charge < -0.3 is 10.3 Å². The highest BCUT2D eigenvalue weighted by molar-refractivity contribution is 5.80. The molecule has 1 aliphatic rings. The van der Waals surface area contributed by atoms with Gasteiger partial charge in [-0.2, -0.15) is 0 Å². The molecule has 2 N–H and O–H groups in total. The number of nitrogens with one attached hydrogen (secondary N) is 2. The molecule has 2 aromatic carbocycles. The molecule has 0 aliphatic carbocycles. The zero-order valence-electron chi connectivity index (χ0n) is 24.7. The standard InChI is InChI=1S/C12H17N.C12H15N.C10H15N.3CH4/c2*1-12(2,3)10-5-4-9-6-7-13-11(9)8-10;1-8-5-9(7-11-6-8)10(2,3)4;;;/h4-5,8,13H,6-7H2,1-3H3;4-8,13H,1-3H3;5-7H,1-4H3;3*1H4. The average molecular weight is 546 g/mol. The lowest BCUT2D eigenvalue weighted by Crippen LogP contribution is -2.11. The van der Waals surface area contributed by atoms with Crippen molar-refractivity contribution >= 4 is 16.6 Å². The molecule has 4 aromatic rings. The Hall–Kier alpha value is -3.07. The lowest BCUT2D eigenvalue weighted by atomic mass is 9.86. The van der Waals surface area contributed by atoms with Gasteiger partial charge in [0.2, 0.25) is 0 Å². The topological polar surface area (TPSA) is 40.7 Å². The number of hydrogen-bond acceptors (Lipinski definition) is 2. The van der Waals surface area contributed by atoms with Crippen molar-refractivity contribution in [3.63, 3.8) is 0 Å². The molecular weight excluding hydrogens is 486 g/mol. The molecule has 0 saturated heterocycles. The third-order valence-corrected chi connectivity index (χ3v) is 6.85. The number of anilines is 1. The van der Waals surface area contributed by atoms with Crippen molar-refractivity contribution in [2.45, 2.75) is 114 Å². The molecule has 0 bridgehead atoms. The van der Waals surface area contributed by atoms with Gasteiger partial charge in [-0.05, 0) is 81.0 Å². The molecule has 0 unspecified atom stereocenters. The molecule has 3 heteroatoms. The Labute approximate surface area is 247 Å². The number of fused-ring (bicyclic) bond motifs is 2. The molecular formula is C37H59N3. The highest BCUT2D eigenvalue weighted by Crippen LogP contribution is 2.30. The predicted octanol–water partition coefficient (Wildman–Crippen LogP) is 11.0. The number of H-pyrrole nitrogens is 1. The van der Waals surface area contributed by atoms with Crippen LogP contribution in [0.3, 0.4) is 0 Å². The molecule has 3 heterocycles. The zero-order chi connectivity index (χ0) is 27.4. The van der Waals surface area contributed by atoms with Crippen molar-refractivity contribution < 1.29 is 0 Å². The molecule has 5 rings (SSSR count). The van der Waals surface area contributed by atoms with Crippen LogP contribution >= 0.6 is 0 Å². The molecule has 0 fully saturated rings. The van der Waals surface area contributed by atoms with Crippen LogP contribution in [-0.2, 0) is 22.7 Å². The van der Waals surface area contributed by atoms with Gasteiger partial charge >= 0.3 is 0 Å². The van der Waals surface area contributed by atoms with E-state index in [1.165, 1.54) is 50.8 Å². The second-order valence-corrected chi connectivity index (χ2v) is 13.3. The number of pyridine rings is 1. The monoisotopic (exact) mass is 545 g/mol. The van der Waals surface area contributed by atoms with Crippen LogP contribution in [0.2, 0.25) is 0 Å². The number of benzene rings is 2. The summed E-state index contributed by atoms with van der Waals surface area (Å²) in [6, 6.07) is 17.7. The maximum absolute atomic E-state index is 4.15. The minimum absolute atomic E-state index is 0. The molecule has 40 heavy (non-hydrogen) atoms. The van der Waals surface area contributed by atoms with Crippen molar-refractivity contribution in [1.82, 2.24) is 9.97 Å². The molecule has 0 atom stereocenters. The molecule has 0 amide bonds. The molecule has 0 saturated carbocycles. The van der Waals surface area contributed by atoms with E-state index in [4.69, 9.17) is 0 Å². The number of aromatic amines is 1. The van der Waals surface area contributed by atoms with Crippen LogP contribution in [0.15, 0.2) is 67.1 Å². The first kappa shape index (κ1) is 36.9. The third-order valence-electron chi connectivity index (χ3n) is 6.85. The Kier molecular flexibility index (Phi) is 13.4. The lowest BCUT2D eigenvalue weighted by molar-refractivity contribution is 0.587. The SMILES string of the molecule is C.C.C.CC(C)(C)c1ccc2c(c1)NCC2.CC(C)(C)c1ccc2cc[nH]c2c1.Cc1cncc(C(C)(C)C)c1. The summed E-state index contributed by atoms with van der Waals surface area (Å²) in [5.41, 5.74) is 10.1. The fourth-order valence-electron chi connectivity index (χ4n) is 4.24. The van der Waals surface area contributed by atoms with Crippen LogP contribution in [0.4, 0.5) is 5.69 Å². The fourth-order valence-corrected chi connectivity index (χ4v) is 4.24. The molecule has 3 nitrogen and oxygen atoms in total. The summed E-state index contributed by atoms with van der Waals surface area (Å²) in [6.45, 7) is 23.2. The minimum atomic E-state index is 0. The highest BCUT2D eigenvalue weighted by atomic mass is 14.9. The summed E-state index contributed by atoms with van der Waals surface area (Å²) >= 11 is 0. The van der Waals surface area contributed by atoms with Gasteiger partial charge in [-0.3, -0.25) is 4.98 Å². The summed E-state index contributed by atoms with van der Waals surface area (Å²) in [5.74, 6) is 0. The largest absolute Gasteiger partial charge is 0.384 e. The molecule has 0 radical (unpaired) electrons. The van der Waals surface area contributed by atoms with E-state index in [0.717, 1.165) is 6.54 Å². The quantitative estimate of drug-likeness (QED) is 0.231. The summed E-state index contributed by atoms with van der Waals surface area (Å²) in [5, 5.41) is 4.70. The van der Waals surface area contributed by atoms with Crippen molar-refractivity contribution in [1.29, 1.82) is 0 Å². The number of nitrogens with zero attached hydrogens (tertiary/aromatic N) is 1. The average Bonchev–Trinajstić information content (AvgIpc) is 3.46. The van der Waals surface area contributed by atoms with E-state index in [0.29, 0.717) is 0 Å². The van der Waals surface area contributed by atoms with Gasteiger partial charge in [0.25, 0.3) is 0 Å².